The summed E-state index contributed by atoms with van der Waals surface area (Å²) in [6.07, 6.45) is 9.24. The van der Waals surface area contributed by atoms with Gasteiger partial charge in [-0.05, 0) is 37.8 Å². The van der Waals surface area contributed by atoms with Gasteiger partial charge >= 0.3 is 0 Å². The van der Waals surface area contributed by atoms with E-state index in [1.54, 1.807) is 0 Å². The minimum absolute atomic E-state index is 0.451. The Bertz CT molecular complexity index is 432. The summed E-state index contributed by atoms with van der Waals surface area (Å²) in [4.78, 5) is 2.47. The smallest absolute Gasteiger partial charge is 0.0771 e. The van der Waals surface area contributed by atoms with Gasteiger partial charge in [0.05, 0.1) is 5.60 Å². The molecule has 2 N–H and O–H groups in total. The molecule has 1 saturated heterocycles. The first-order valence-electron chi connectivity index (χ1n) is 9.01. The highest BCUT2D eigenvalue weighted by molar-refractivity contribution is 5.46. The average molecular weight is 302 g/mol. The Hall–Kier alpha value is -1.06. The van der Waals surface area contributed by atoms with Crippen LogP contribution in [0.4, 0.5) is 5.69 Å². The fourth-order valence-electron chi connectivity index (χ4n) is 3.88. The first-order valence-corrected chi connectivity index (χ1v) is 9.01. The molecule has 0 aromatic heterocycles. The van der Waals surface area contributed by atoms with Gasteiger partial charge in [-0.2, -0.15) is 0 Å². The standard InChI is InChI=1S/C19H30N2O/c22-19(12-6-1-2-7-13-19)16-20-17-10-14-21(15-11-17)18-8-4-3-5-9-18/h3-5,8-9,17,20,22H,1-2,6-7,10-16H2. The summed E-state index contributed by atoms with van der Waals surface area (Å²) in [5, 5.41) is 14.4. The second-order valence-electron chi connectivity index (χ2n) is 7.12. The normalized spacial score (nSPS) is 23.2. The molecule has 1 aliphatic heterocycles. The van der Waals surface area contributed by atoms with Crippen LogP contribution < -0.4 is 10.2 Å². The number of piperidine rings is 1. The van der Waals surface area contributed by atoms with Crippen molar-refractivity contribution >= 4 is 5.69 Å². The van der Waals surface area contributed by atoms with Crippen LogP contribution in [0, 0.1) is 0 Å². The number of para-hydroxylation sites is 1. The number of rotatable bonds is 4. The zero-order valence-electron chi connectivity index (χ0n) is 13.6. The van der Waals surface area contributed by atoms with E-state index in [1.165, 1.54) is 44.2 Å². The topological polar surface area (TPSA) is 35.5 Å². The molecule has 1 heterocycles. The van der Waals surface area contributed by atoms with Gasteiger partial charge in [0, 0.05) is 31.4 Å². The highest BCUT2D eigenvalue weighted by Crippen LogP contribution is 2.27. The Labute approximate surface area is 134 Å². The summed E-state index contributed by atoms with van der Waals surface area (Å²) in [5.74, 6) is 0. The third kappa shape index (κ3) is 4.23. The van der Waals surface area contributed by atoms with Gasteiger partial charge in [-0.25, -0.2) is 0 Å². The van der Waals surface area contributed by atoms with Gasteiger partial charge in [-0.3, -0.25) is 0 Å². The molecule has 1 saturated carbocycles. The molecule has 2 aliphatic rings. The number of aliphatic hydroxyl groups is 1. The van der Waals surface area contributed by atoms with E-state index in [1.807, 2.05) is 0 Å². The molecule has 0 spiro atoms. The molecule has 122 valence electrons. The summed E-state index contributed by atoms with van der Waals surface area (Å²) in [5.41, 5.74) is 0.885. The van der Waals surface area contributed by atoms with Crippen molar-refractivity contribution in [2.45, 2.75) is 63.0 Å². The molecule has 22 heavy (non-hydrogen) atoms. The fourth-order valence-corrected chi connectivity index (χ4v) is 3.88. The molecule has 2 fully saturated rings. The molecule has 0 bridgehead atoms. The maximum Gasteiger partial charge on any atom is 0.0771 e. The van der Waals surface area contributed by atoms with Crippen molar-refractivity contribution in [2.75, 3.05) is 24.5 Å². The van der Waals surface area contributed by atoms with Crippen molar-refractivity contribution in [3.8, 4) is 0 Å². The van der Waals surface area contributed by atoms with Crippen LogP contribution in [0.1, 0.15) is 51.4 Å². The van der Waals surface area contributed by atoms with Gasteiger partial charge in [0.2, 0.25) is 0 Å². The van der Waals surface area contributed by atoms with Crippen molar-refractivity contribution in [1.29, 1.82) is 0 Å². The average Bonchev–Trinajstić information content (AvgIpc) is 2.79. The van der Waals surface area contributed by atoms with Crippen LogP contribution in [0.3, 0.4) is 0 Å². The van der Waals surface area contributed by atoms with Crippen LogP contribution in [0.2, 0.25) is 0 Å². The number of anilines is 1. The van der Waals surface area contributed by atoms with E-state index in [4.69, 9.17) is 0 Å². The monoisotopic (exact) mass is 302 g/mol. The van der Waals surface area contributed by atoms with Crippen LogP contribution in [-0.2, 0) is 0 Å². The number of nitrogens with one attached hydrogen (secondary N) is 1. The van der Waals surface area contributed by atoms with Crippen LogP contribution in [0.25, 0.3) is 0 Å². The van der Waals surface area contributed by atoms with Crippen molar-refractivity contribution < 1.29 is 5.11 Å². The van der Waals surface area contributed by atoms with Crippen LogP contribution in [0.15, 0.2) is 30.3 Å². The molecule has 1 aromatic carbocycles. The molecular formula is C19H30N2O. The first-order chi connectivity index (χ1) is 10.8. The summed E-state index contributed by atoms with van der Waals surface area (Å²) in [6.45, 7) is 3.00. The lowest BCUT2D eigenvalue weighted by Gasteiger charge is -2.36. The molecule has 3 nitrogen and oxygen atoms in total. The molecule has 3 rings (SSSR count). The summed E-state index contributed by atoms with van der Waals surface area (Å²) in [6, 6.07) is 11.3. The molecule has 0 radical (unpaired) electrons. The zero-order chi connectivity index (χ0) is 15.3. The lowest BCUT2D eigenvalue weighted by molar-refractivity contribution is 0.0220. The van der Waals surface area contributed by atoms with Crippen molar-refractivity contribution in [3.63, 3.8) is 0 Å². The molecule has 0 atom stereocenters. The third-order valence-electron chi connectivity index (χ3n) is 5.37. The zero-order valence-corrected chi connectivity index (χ0v) is 13.6. The SMILES string of the molecule is OC1(CNC2CCN(c3ccccc3)CC2)CCCCCC1. The van der Waals surface area contributed by atoms with E-state index in [0.717, 1.165) is 32.5 Å². The first kappa shape index (κ1) is 15.8. The Balaban J connectivity index is 1.44. The van der Waals surface area contributed by atoms with E-state index < -0.39 is 5.60 Å². The maximum atomic E-state index is 10.7. The van der Waals surface area contributed by atoms with E-state index >= 15 is 0 Å². The Kier molecular flexibility index (Phi) is 5.37. The second kappa shape index (κ2) is 7.47. The highest BCUT2D eigenvalue weighted by Gasteiger charge is 2.29. The molecule has 0 unspecified atom stereocenters. The van der Waals surface area contributed by atoms with Crippen molar-refractivity contribution in [3.05, 3.63) is 30.3 Å². The molecule has 0 amide bonds. The second-order valence-corrected chi connectivity index (χ2v) is 7.12. The van der Waals surface area contributed by atoms with Gasteiger partial charge in [0.25, 0.3) is 0 Å². The minimum Gasteiger partial charge on any atom is -0.389 e. The number of benzene rings is 1. The fraction of sp³-hybridized carbons (Fsp3) is 0.684. The third-order valence-corrected chi connectivity index (χ3v) is 5.37. The van der Waals surface area contributed by atoms with Gasteiger partial charge in [-0.1, -0.05) is 43.9 Å². The predicted molar refractivity (Wildman–Crippen MR) is 92.3 cm³/mol. The van der Waals surface area contributed by atoms with Crippen LogP contribution in [-0.4, -0.2) is 36.4 Å². The number of hydrogen-bond acceptors (Lipinski definition) is 3. The summed E-state index contributed by atoms with van der Waals surface area (Å²) < 4.78 is 0. The van der Waals surface area contributed by atoms with Gasteiger partial charge in [0.15, 0.2) is 0 Å². The molecule has 1 aliphatic carbocycles. The Morgan fingerprint density at radius 3 is 2.27 bits per heavy atom. The summed E-state index contributed by atoms with van der Waals surface area (Å²) >= 11 is 0. The van der Waals surface area contributed by atoms with Gasteiger partial charge in [0.1, 0.15) is 0 Å². The molecule has 3 heteroatoms. The maximum absolute atomic E-state index is 10.7. The Morgan fingerprint density at radius 2 is 1.64 bits per heavy atom. The number of nitrogens with zero attached hydrogens (tertiary/aromatic N) is 1. The molecule has 1 aromatic rings. The lowest BCUT2D eigenvalue weighted by Crippen LogP contribution is -2.48. The van der Waals surface area contributed by atoms with Gasteiger partial charge < -0.3 is 15.3 Å². The quantitative estimate of drug-likeness (QED) is 0.838. The van der Waals surface area contributed by atoms with Crippen LogP contribution >= 0.6 is 0 Å². The minimum atomic E-state index is -0.451. The van der Waals surface area contributed by atoms with E-state index in [-0.39, 0.29) is 0 Å². The number of hydrogen-bond donors (Lipinski definition) is 2. The van der Waals surface area contributed by atoms with E-state index in [0.29, 0.717) is 6.04 Å². The summed E-state index contributed by atoms with van der Waals surface area (Å²) in [7, 11) is 0. The highest BCUT2D eigenvalue weighted by atomic mass is 16.3. The van der Waals surface area contributed by atoms with Crippen molar-refractivity contribution in [2.24, 2.45) is 0 Å². The van der Waals surface area contributed by atoms with Crippen LogP contribution in [0.5, 0.6) is 0 Å². The Morgan fingerprint density at radius 1 is 1.00 bits per heavy atom. The van der Waals surface area contributed by atoms with Crippen molar-refractivity contribution in [1.82, 2.24) is 5.32 Å². The van der Waals surface area contributed by atoms with E-state index in [9.17, 15) is 5.11 Å². The lowest BCUT2D eigenvalue weighted by atomic mass is 9.93. The molecular weight excluding hydrogens is 272 g/mol. The van der Waals surface area contributed by atoms with Gasteiger partial charge in [-0.15, -0.1) is 0 Å². The largest absolute Gasteiger partial charge is 0.389 e. The predicted octanol–water partition coefficient (Wildman–Crippen LogP) is 3.33. The van der Waals surface area contributed by atoms with E-state index in [2.05, 4.69) is 40.5 Å².